The average molecular weight is 266 g/mol. The number of ether oxygens (including phenoxy) is 1. The predicted octanol–water partition coefficient (Wildman–Crippen LogP) is 3.43. The molecular weight excluding hydrogens is 248 g/mol. The fraction of sp³-hybridized carbons (Fsp3) is 0.222. The van der Waals surface area contributed by atoms with E-state index in [2.05, 4.69) is 18.7 Å². The summed E-state index contributed by atoms with van der Waals surface area (Å²) >= 11 is 0. The molecule has 0 aromatic heterocycles. The van der Waals surface area contributed by atoms with Gasteiger partial charge in [0, 0.05) is 5.56 Å². The predicted molar refractivity (Wildman–Crippen MR) is 80.0 cm³/mol. The Hall–Kier alpha value is -2.06. The first kappa shape index (κ1) is 12.9. The quantitative estimate of drug-likeness (QED) is 0.862. The Morgan fingerprint density at radius 3 is 2.70 bits per heavy atom. The largest absolute Gasteiger partial charge is 0.489 e. The normalized spacial score (nSPS) is 16.8. The van der Waals surface area contributed by atoms with Gasteiger partial charge in [0.25, 0.3) is 0 Å². The summed E-state index contributed by atoms with van der Waals surface area (Å²) in [6, 6.07) is 14.1. The number of hydrogen-bond acceptors (Lipinski definition) is 2. The van der Waals surface area contributed by atoms with Crippen molar-refractivity contribution >= 4 is 0 Å². The van der Waals surface area contributed by atoms with Crippen LogP contribution in [0.25, 0.3) is 0 Å². The highest BCUT2D eigenvalue weighted by Crippen LogP contribution is 2.37. The molecule has 1 atom stereocenters. The van der Waals surface area contributed by atoms with Crippen LogP contribution < -0.4 is 4.74 Å². The van der Waals surface area contributed by atoms with E-state index in [0.717, 1.165) is 35.3 Å². The third-order valence-corrected chi connectivity index (χ3v) is 3.80. The number of aryl methyl sites for hydroxylation is 2. The molecule has 2 aromatic carbocycles. The number of rotatable bonds is 3. The van der Waals surface area contributed by atoms with Crippen molar-refractivity contribution in [1.29, 1.82) is 0 Å². The maximum Gasteiger partial charge on any atom is 0.126 e. The summed E-state index contributed by atoms with van der Waals surface area (Å²) in [6.07, 6.45) is 2.97. The number of fused-ring (bicyclic) bond motifs is 2. The minimum atomic E-state index is -0.621. The van der Waals surface area contributed by atoms with Crippen LogP contribution in [0.5, 0.6) is 5.75 Å². The number of aliphatic hydroxyl groups excluding tert-OH is 1. The lowest BCUT2D eigenvalue weighted by molar-refractivity contribution is 0.212. The molecule has 0 radical (unpaired) electrons. The minimum absolute atomic E-state index is 0.449. The smallest absolute Gasteiger partial charge is 0.126 e. The SMILES string of the molecule is C=CCOc1cccc2c1C(O)c1ccccc1CC2. The zero-order valence-corrected chi connectivity index (χ0v) is 11.4. The van der Waals surface area contributed by atoms with Crippen molar-refractivity contribution in [1.82, 2.24) is 0 Å². The van der Waals surface area contributed by atoms with Crippen molar-refractivity contribution in [3.8, 4) is 5.75 Å². The van der Waals surface area contributed by atoms with Crippen molar-refractivity contribution in [3.63, 3.8) is 0 Å². The highest BCUT2D eigenvalue weighted by atomic mass is 16.5. The summed E-state index contributed by atoms with van der Waals surface area (Å²) < 4.78 is 5.72. The molecule has 0 amide bonds. The summed E-state index contributed by atoms with van der Waals surface area (Å²) in [5, 5.41) is 10.8. The summed E-state index contributed by atoms with van der Waals surface area (Å²) in [5.74, 6) is 0.756. The molecule has 1 unspecified atom stereocenters. The zero-order chi connectivity index (χ0) is 13.9. The van der Waals surface area contributed by atoms with E-state index in [0.29, 0.717) is 6.61 Å². The van der Waals surface area contributed by atoms with E-state index in [-0.39, 0.29) is 0 Å². The van der Waals surface area contributed by atoms with E-state index in [1.165, 1.54) is 5.56 Å². The second kappa shape index (κ2) is 5.51. The third kappa shape index (κ3) is 2.23. The monoisotopic (exact) mass is 266 g/mol. The van der Waals surface area contributed by atoms with Crippen molar-refractivity contribution < 1.29 is 9.84 Å². The van der Waals surface area contributed by atoms with Crippen LogP contribution in [0.1, 0.15) is 28.4 Å². The van der Waals surface area contributed by atoms with Gasteiger partial charge in [0.15, 0.2) is 0 Å². The second-order valence-electron chi connectivity index (χ2n) is 5.03. The first-order chi connectivity index (χ1) is 9.81. The zero-order valence-electron chi connectivity index (χ0n) is 11.4. The van der Waals surface area contributed by atoms with Crippen LogP contribution >= 0.6 is 0 Å². The molecule has 0 bridgehead atoms. The van der Waals surface area contributed by atoms with Crippen LogP contribution in [0.3, 0.4) is 0 Å². The van der Waals surface area contributed by atoms with Gasteiger partial charge in [-0.3, -0.25) is 0 Å². The van der Waals surface area contributed by atoms with Crippen LogP contribution in [0.15, 0.2) is 55.1 Å². The molecule has 0 fully saturated rings. The third-order valence-electron chi connectivity index (χ3n) is 3.80. The van der Waals surface area contributed by atoms with Gasteiger partial charge in [0.2, 0.25) is 0 Å². The summed E-state index contributed by atoms with van der Waals surface area (Å²) in [5.41, 5.74) is 4.27. The van der Waals surface area contributed by atoms with Crippen LogP contribution in [-0.2, 0) is 12.8 Å². The molecule has 0 heterocycles. The molecule has 0 aliphatic heterocycles. The lowest BCUT2D eigenvalue weighted by atomic mass is 9.96. The fourth-order valence-corrected chi connectivity index (χ4v) is 2.85. The van der Waals surface area contributed by atoms with Gasteiger partial charge in [-0.25, -0.2) is 0 Å². The Labute approximate surface area is 119 Å². The standard InChI is InChI=1S/C18H18O2/c1-2-12-20-16-9-5-7-14-11-10-13-6-3-4-8-15(13)18(19)17(14)16/h2-9,18-19H,1,10-12H2. The molecule has 3 rings (SSSR count). The van der Waals surface area contributed by atoms with Crippen LogP contribution in [0.4, 0.5) is 0 Å². The number of hydrogen-bond donors (Lipinski definition) is 1. The van der Waals surface area contributed by atoms with E-state index in [1.54, 1.807) is 6.08 Å². The molecular formula is C18H18O2. The topological polar surface area (TPSA) is 29.5 Å². The Morgan fingerprint density at radius 2 is 1.85 bits per heavy atom. The molecule has 0 spiro atoms. The van der Waals surface area contributed by atoms with Crippen LogP contribution in [0.2, 0.25) is 0 Å². The summed E-state index contributed by atoms with van der Waals surface area (Å²) in [6.45, 7) is 4.12. The Bertz CT molecular complexity index is 631. The van der Waals surface area contributed by atoms with E-state index in [9.17, 15) is 5.11 Å². The van der Waals surface area contributed by atoms with E-state index in [4.69, 9.17) is 4.74 Å². The fourth-order valence-electron chi connectivity index (χ4n) is 2.85. The molecule has 2 aromatic rings. The van der Waals surface area contributed by atoms with Gasteiger partial charge in [-0.05, 0) is 35.6 Å². The lowest BCUT2D eigenvalue weighted by Gasteiger charge is -2.18. The van der Waals surface area contributed by atoms with Crippen molar-refractivity contribution in [3.05, 3.63) is 77.4 Å². The molecule has 20 heavy (non-hydrogen) atoms. The van der Waals surface area contributed by atoms with Gasteiger partial charge >= 0.3 is 0 Å². The van der Waals surface area contributed by atoms with Crippen LogP contribution in [0, 0.1) is 0 Å². The van der Waals surface area contributed by atoms with Gasteiger partial charge in [0.05, 0.1) is 0 Å². The van der Waals surface area contributed by atoms with Crippen molar-refractivity contribution in [2.24, 2.45) is 0 Å². The molecule has 0 saturated heterocycles. The highest BCUT2D eigenvalue weighted by molar-refractivity contribution is 5.49. The van der Waals surface area contributed by atoms with E-state index < -0.39 is 6.10 Å². The number of benzene rings is 2. The van der Waals surface area contributed by atoms with Crippen LogP contribution in [-0.4, -0.2) is 11.7 Å². The maximum atomic E-state index is 10.8. The molecule has 2 nitrogen and oxygen atoms in total. The van der Waals surface area contributed by atoms with Crippen molar-refractivity contribution in [2.45, 2.75) is 18.9 Å². The first-order valence-electron chi connectivity index (χ1n) is 6.92. The summed E-state index contributed by atoms with van der Waals surface area (Å²) in [7, 11) is 0. The molecule has 1 aliphatic carbocycles. The molecule has 2 heteroatoms. The van der Waals surface area contributed by atoms with E-state index >= 15 is 0 Å². The van der Waals surface area contributed by atoms with E-state index in [1.807, 2.05) is 30.3 Å². The molecule has 1 N–H and O–H groups in total. The van der Waals surface area contributed by atoms with Gasteiger partial charge < -0.3 is 9.84 Å². The average Bonchev–Trinajstić information content (AvgIpc) is 2.64. The van der Waals surface area contributed by atoms with Gasteiger partial charge in [-0.15, -0.1) is 0 Å². The summed E-state index contributed by atoms with van der Waals surface area (Å²) in [4.78, 5) is 0. The Balaban J connectivity index is 2.10. The highest BCUT2D eigenvalue weighted by Gasteiger charge is 2.24. The molecule has 0 saturated carbocycles. The maximum absolute atomic E-state index is 10.8. The first-order valence-corrected chi connectivity index (χ1v) is 6.92. The second-order valence-corrected chi connectivity index (χ2v) is 5.03. The Morgan fingerprint density at radius 1 is 1.10 bits per heavy atom. The van der Waals surface area contributed by atoms with Gasteiger partial charge in [-0.1, -0.05) is 49.1 Å². The van der Waals surface area contributed by atoms with Gasteiger partial charge in [0.1, 0.15) is 18.5 Å². The molecule has 102 valence electrons. The lowest BCUT2D eigenvalue weighted by Crippen LogP contribution is -2.06. The van der Waals surface area contributed by atoms with Gasteiger partial charge in [-0.2, -0.15) is 0 Å². The number of aliphatic hydroxyl groups is 1. The molecule has 1 aliphatic rings. The minimum Gasteiger partial charge on any atom is -0.489 e. The van der Waals surface area contributed by atoms with Crippen molar-refractivity contribution in [2.75, 3.05) is 6.61 Å². The Kier molecular flexibility index (Phi) is 3.57.